The molecule has 0 aromatic heterocycles. The van der Waals surface area contributed by atoms with Gasteiger partial charge in [-0.15, -0.1) is 0 Å². The molecule has 1 heterocycles. The number of halogens is 1. The zero-order valence-electron chi connectivity index (χ0n) is 17.4. The van der Waals surface area contributed by atoms with Gasteiger partial charge in [0.05, 0.1) is 12.2 Å². The number of hydrogen-bond donors (Lipinski definition) is 2. The van der Waals surface area contributed by atoms with Gasteiger partial charge in [0.1, 0.15) is 11.5 Å². The molecule has 2 aromatic carbocycles. The predicted molar refractivity (Wildman–Crippen MR) is 123 cm³/mol. The fourth-order valence-electron chi connectivity index (χ4n) is 3.40. The molecule has 6 heteroatoms. The second kappa shape index (κ2) is 9.09. The van der Waals surface area contributed by atoms with Crippen molar-refractivity contribution in [1.82, 2.24) is 15.1 Å². The Labute approximate surface area is 183 Å². The molecule has 2 amide bonds. The van der Waals surface area contributed by atoms with Crippen molar-refractivity contribution in [3.8, 4) is 0 Å². The van der Waals surface area contributed by atoms with Crippen LogP contribution in [0.25, 0.3) is 5.70 Å². The van der Waals surface area contributed by atoms with Crippen LogP contribution >= 0.6 is 11.6 Å². The van der Waals surface area contributed by atoms with E-state index >= 15 is 0 Å². The van der Waals surface area contributed by atoms with Crippen LogP contribution in [0.2, 0.25) is 5.02 Å². The molecule has 0 fully saturated rings. The number of amides is 2. The highest BCUT2D eigenvalue weighted by Crippen LogP contribution is 2.31. The third-order valence-corrected chi connectivity index (χ3v) is 5.04. The minimum atomic E-state index is -0.303. The van der Waals surface area contributed by atoms with Crippen LogP contribution in [0.4, 0.5) is 4.79 Å². The minimum Gasteiger partial charge on any atom is -0.383 e. The highest BCUT2D eigenvalue weighted by Gasteiger charge is 2.32. The third kappa shape index (κ3) is 4.69. The summed E-state index contributed by atoms with van der Waals surface area (Å²) < 4.78 is 0. The van der Waals surface area contributed by atoms with E-state index in [1.807, 2.05) is 59.5 Å². The first-order chi connectivity index (χ1) is 14.3. The maximum absolute atomic E-state index is 12.7. The standard InChI is InChI=1S/C24H27ClN4O/c1-16(2)14-28(18(4)20-11-8-12-21(25)13-20)22-17(3)27-24(30)29(23(22)26)15-19-9-6-5-7-10-19/h5-13,16H,3-4,14-15,26H2,1-2H3,(H,27,30). The van der Waals surface area contributed by atoms with E-state index in [9.17, 15) is 4.79 Å². The lowest BCUT2D eigenvalue weighted by Crippen LogP contribution is -2.49. The second-order valence-corrected chi connectivity index (χ2v) is 8.11. The van der Waals surface area contributed by atoms with E-state index in [4.69, 9.17) is 17.3 Å². The Balaban J connectivity index is 2.04. The molecule has 0 saturated carbocycles. The molecule has 3 rings (SSSR count). The van der Waals surface area contributed by atoms with Crippen molar-refractivity contribution in [1.29, 1.82) is 0 Å². The molecule has 0 unspecified atom stereocenters. The summed E-state index contributed by atoms with van der Waals surface area (Å²) in [6.07, 6.45) is 0. The number of nitrogens with two attached hydrogens (primary N) is 1. The first kappa shape index (κ1) is 21.5. The van der Waals surface area contributed by atoms with Crippen LogP contribution in [0.15, 0.2) is 85.0 Å². The normalized spacial score (nSPS) is 14.2. The van der Waals surface area contributed by atoms with Gasteiger partial charge in [0.25, 0.3) is 0 Å². The fourth-order valence-corrected chi connectivity index (χ4v) is 3.59. The Morgan fingerprint density at radius 2 is 1.90 bits per heavy atom. The van der Waals surface area contributed by atoms with Crippen molar-refractivity contribution in [2.24, 2.45) is 11.7 Å². The third-order valence-electron chi connectivity index (χ3n) is 4.81. The van der Waals surface area contributed by atoms with Gasteiger partial charge in [-0.3, -0.25) is 4.90 Å². The van der Waals surface area contributed by atoms with E-state index in [2.05, 4.69) is 32.3 Å². The van der Waals surface area contributed by atoms with Crippen molar-refractivity contribution in [2.45, 2.75) is 20.4 Å². The van der Waals surface area contributed by atoms with Crippen molar-refractivity contribution in [3.63, 3.8) is 0 Å². The number of hydrogen-bond acceptors (Lipinski definition) is 3. The molecule has 0 radical (unpaired) electrons. The van der Waals surface area contributed by atoms with Gasteiger partial charge in [-0.1, -0.05) is 81.1 Å². The van der Waals surface area contributed by atoms with Crippen molar-refractivity contribution in [2.75, 3.05) is 6.54 Å². The lowest BCUT2D eigenvalue weighted by atomic mass is 10.1. The molecule has 0 bridgehead atoms. The van der Waals surface area contributed by atoms with E-state index in [1.165, 1.54) is 4.90 Å². The summed E-state index contributed by atoms with van der Waals surface area (Å²) in [5, 5.41) is 3.47. The number of carbonyl (C=O) groups is 1. The molecule has 0 atom stereocenters. The highest BCUT2D eigenvalue weighted by molar-refractivity contribution is 6.30. The van der Waals surface area contributed by atoms with Crippen LogP contribution in [0.3, 0.4) is 0 Å². The molecule has 1 aliphatic heterocycles. The number of rotatable bonds is 7. The van der Waals surface area contributed by atoms with Gasteiger partial charge in [0.15, 0.2) is 0 Å². The smallest absolute Gasteiger partial charge is 0.327 e. The predicted octanol–water partition coefficient (Wildman–Crippen LogP) is 5.14. The zero-order chi connectivity index (χ0) is 21.8. The van der Waals surface area contributed by atoms with Crippen LogP contribution < -0.4 is 11.1 Å². The summed E-state index contributed by atoms with van der Waals surface area (Å²) >= 11 is 6.20. The van der Waals surface area contributed by atoms with Crippen LogP contribution in [0, 0.1) is 5.92 Å². The zero-order valence-corrected chi connectivity index (χ0v) is 18.1. The largest absolute Gasteiger partial charge is 0.383 e. The molecule has 0 saturated heterocycles. The van der Waals surface area contributed by atoms with Crippen LogP contribution in [0.1, 0.15) is 25.0 Å². The summed E-state index contributed by atoms with van der Waals surface area (Å²) in [5.74, 6) is 0.658. The maximum atomic E-state index is 12.7. The van der Waals surface area contributed by atoms with Crippen molar-refractivity contribution in [3.05, 3.63) is 101 Å². The molecule has 0 spiro atoms. The van der Waals surface area contributed by atoms with Gasteiger partial charge in [-0.2, -0.15) is 0 Å². The topological polar surface area (TPSA) is 61.6 Å². The molecule has 30 heavy (non-hydrogen) atoms. The van der Waals surface area contributed by atoms with E-state index < -0.39 is 0 Å². The van der Waals surface area contributed by atoms with Gasteiger partial charge >= 0.3 is 6.03 Å². The molecular formula is C24H27ClN4O. The lowest BCUT2D eigenvalue weighted by Gasteiger charge is -2.38. The first-order valence-electron chi connectivity index (χ1n) is 9.81. The summed E-state index contributed by atoms with van der Waals surface area (Å²) in [7, 11) is 0. The summed E-state index contributed by atoms with van der Waals surface area (Å²) in [6, 6.07) is 16.9. The van der Waals surface area contributed by atoms with Crippen LogP contribution in [-0.4, -0.2) is 22.4 Å². The Bertz CT molecular complexity index is 997. The average molecular weight is 423 g/mol. The molecule has 2 aromatic rings. The van der Waals surface area contributed by atoms with Gasteiger partial charge in [0.2, 0.25) is 0 Å². The Kier molecular flexibility index (Phi) is 6.53. The van der Waals surface area contributed by atoms with Gasteiger partial charge < -0.3 is 16.0 Å². The molecular weight excluding hydrogens is 396 g/mol. The first-order valence-corrected chi connectivity index (χ1v) is 10.2. The molecule has 5 nitrogen and oxygen atoms in total. The van der Waals surface area contributed by atoms with E-state index in [-0.39, 0.29) is 6.03 Å². The average Bonchev–Trinajstić information content (AvgIpc) is 2.70. The van der Waals surface area contributed by atoms with E-state index in [1.54, 1.807) is 0 Å². The number of benzene rings is 2. The van der Waals surface area contributed by atoms with Gasteiger partial charge in [-0.05, 0) is 29.2 Å². The molecule has 1 aliphatic rings. The number of nitrogens with zero attached hydrogens (tertiary/aromatic N) is 2. The summed E-state index contributed by atoms with van der Waals surface area (Å²) in [4.78, 5) is 16.2. The fraction of sp³-hybridized carbons (Fsp3) is 0.208. The Morgan fingerprint density at radius 3 is 2.53 bits per heavy atom. The monoisotopic (exact) mass is 422 g/mol. The quantitative estimate of drug-likeness (QED) is 0.649. The SMILES string of the molecule is C=C1NC(=O)N(Cc2ccccc2)C(N)=C1N(CC(C)C)C(=C)c1cccc(Cl)c1. The van der Waals surface area contributed by atoms with Crippen LogP contribution in [0.5, 0.6) is 0 Å². The van der Waals surface area contributed by atoms with Crippen LogP contribution in [-0.2, 0) is 6.54 Å². The van der Waals surface area contributed by atoms with Gasteiger partial charge in [-0.25, -0.2) is 4.79 Å². The summed E-state index contributed by atoms with van der Waals surface area (Å²) in [5.41, 5.74) is 10.2. The highest BCUT2D eigenvalue weighted by atomic mass is 35.5. The number of urea groups is 1. The number of carbonyl (C=O) groups excluding carboxylic acids is 1. The Hall–Kier alpha value is -3.18. The maximum Gasteiger partial charge on any atom is 0.327 e. The van der Waals surface area contributed by atoms with Crippen molar-refractivity contribution < 1.29 is 4.79 Å². The molecule has 156 valence electrons. The lowest BCUT2D eigenvalue weighted by molar-refractivity contribution is 0.205. The molecule has 3 N–H and O–H groups in total. The minimum absolute atomic E-state index is 0.303. The van der Waals surface area contributed by atoms with E-state index in [0.717, 1.165) is 16.8 Å². The molecule has 0 aliphatic carbocycles. The second-order valence-electron chi connectivity index (χ2n) is 7.68. The Morgan fingerprint density at radius 1 is 1.20 bits per heavy atom. The summed E-state index contributed by atoms with van der Waals surface area (Å²) in [6.45, 7) is 13.6. The van der Waals surface area contributed by atoms with E-state index in [0.29, 0.717) is 41.2 Å². The van der Waals surface area contributed by atoms with Crippen molar-refractivity contribution >= 4 is 23.3 Å². The number of nitrogens with one attached hydrogen (secondary N) is 1. The van der Waals surface area contributed by atoms with Gasteiger partial charge in [0, 0.05) is 17.3 Å².